The van der Waals surface area contributed by atoms with Gasteiger partial charge in [-0.15, -0.1) is 0 Å². The number of hydrogen-bond donors (Lipinski definition) is 2. The summed E-state index contributed by atoms with van der Waals surface area (Å²) in [6, 6.07) is 5.46. The molecular formula is C12H10F4N4S. The highest BCUT2D eigenvalue weighted by molar-refractivity contribution is 8.00. The molecule has 0 aliphatic rings. The van der Waals surface area contributed by atoms with Gasteiger partial charge in [0.2, 0.25) is 0 Å². The van der Waals surface area contributed by atoms with Crippen LogP contribution in [0.15, 0.2) is 29.2 Å². The third-order valence-electron chi connectivity index (χ3n) is 2.50. The molecule has 0 atom stereocenters. The van der Waals surface area contributed by atoms with Gasteiger partial charge in [-0.3, -0.25) is 0 Å². The van der Waals surface area contributed by atoms with Gasteiger partial charge in [0.15, 0.2) is 17.5 Å². The van der Waals surface area contributed by atoms with E-state index < -0.39 is 11.3 Å². The molecule has 0 fully saturated rings. The molecule has 9 heteroatoms. The molecule has 1 aromatic carbocycles. The van der Waals surface area contributed by atoms with Gasteiger partial charge in [0, 0.05) is 10.5 Å². The Hall–Kier alpha value is -1.87. The number of anilines is 1. The Morgan fingerprint density at radius 3 is 2.29 bits per heavy atom. The van der Waals surface area contributed by atoms with E-state index in [2.05, 4.69) is 15.4 Å². The SMILES string of the molecule is Cc1nc(-c2ccc(SC(F)(F)F)cc2)nc(NN)c1F. The summed E-state index contributed by atoms with van der Waals surface area (Å²) in [6.45, 7) is 1.44. The van der Waals surface area contributed by atoms with Crippen LogP contribution in [0.3, 0.4) is 0 Å². The number of nitrogens with one attached hydrogen (secondary N) is 1. The standard InChI is InChI=1S/C12H10F4N4S/c1-6-9(13)11(20-17)19-10(18-6)7-2-4-8(5-3-7)21-12(14,15)16/h2-5H,17H2,1H3,(H,18,19,20). The van der Waals surface area contributed by atoms with Crippen LogP contribution in [-0.4, -0.2) is 15.5 Å². The van der Waals surface area contributed by atoms with Crippen molar-refractivity contribution in [2.24, 2.45) is 5.84 Å². The Balaban J connectivity index is 2.33. The molecule has 2 rings (SSSR count). The Morgan fingerprint density at radius 1 is 1.14 bits per heavy atom. The van der Waals surface area contributed by atoms with E-state index in [1.165, 1.54) is 31.2 Å². The van der Waals surface area contributed by atoms with E-state index in [0.717, 1.165) is 0 Å². The summed E-state index contributed by atoms with van der Waals surface area (Å²) in [5.74, 6) is 4.47. The zero-order valence-corrected chi connectivity index (χ0v) is 11.5. The van der Waals surface area contributed by atoms with E-state index in [-0.39, 0.29) is 34.0 Å². The van der Waals surface area contributed by atoms with Gasteiger partial charge >= 0.3 is 5.51 Å². The van der Waals surface area contributed by atoms with Gasteiger partial charge in [-0.2, -0.15) is 13.2 Å². The largest absolute Gasteiger partial charge is 0.446 e. The number of rotatable bonds is 3. The molecule has 3 N–H and O–H groups in total. The second kappa shape index (κ2) is 5.86. The van der Waals surface area contributed by atoms with Crippen molar-refractivity contribution in [2.45, 2.75) is 17.3 Å². The fraction of sp³-hybridized carbons (Fsp3) is 0.167. The Bertz CT molecular complexity index is 643. The highest BCUT2D eigenvalue weighted by atomic mass is 32.2. The first-order valence-electron chi connectivity index (χ1n) is 5.67. The number of hydrazine groups is 1. The predicted molar refractivity (Wildman–Crippen MR) is 71.9 cm³/mol. The van der Waals surface area contributed by atoms with E-state index in [1.54, 1.807) is 0 Å². The molecule has 0 aliphatic heterocycles. The Kier molecular flexibility index (Phi) is 4.33. The molecule has 21 heavy (non-hydrogen) atoms. The smallest absolute Gasteiger partial charge is 0.306 e. The summed E-state index contributed by atoms with van der Waals surface area (Å²) in [5, 5.41) is 0. The summed E-state index contributed by atoms with van der Waals surface area (Å²) in [4.78, 5) is 7.86. The number of hydrogen-bond acceptors (Lipinski definition) is 5. The Labute approximate surface area is 121 Å². The lowest BCUT2D eigenvalue weighted by atomic mass is 10.2. The summed E-state index contributed by atoms with van der Waals surface area (Å²) >= 11 is -0.215. The van der Waals surface area contributed by atoms with Gasteiger partial charge in [-0.1, -0.05) is 12.1 Å². The number of halogens is 4. The van der Waals surface area contributed by atoms with Gasteiger partial charge in [-0.05, 0) is 30.8 Å². The molecule has 0 aliphatic carbocycles. The van der Waals surface area contributed by atoms with Crippen LogP contribution in [0.25, 0.3) is 11.4 Å². The number of benzene rings is 1. The highest BCUT2D eigenvalue weighted by Crippen LogP contribution is 2.37. The average Bonchev–Trinajstić information content (AvgIpc) is 2.41. The second-order valence-corrected chi connectivity index (χ2v) is 5.15. The molecule has 0 bridgehead atoms. The molecule has 4 nitrogen and oxygen atoms in total. The summed E-state index contributed by atoms with van der Waals surface area (Å²) < 4.78 is 50.3. The summed E-state index contributed by atoms with van der Waals surface area (Å²) in [7, 11) is 0. The number of aromatic nitrogens is 2. The molecule has 2 aromatic rings. The summed E-state index contributed by atoms with van der Waals surface area (Å²) in [5.41, 5.74) is -1.69. The molecule has 0 unspecified atom stereocenters. The molecule has 0 saturated carbocycles. The zero-order valence-electron chi connectivity index (χ0n) is 10.7. The first-order valence-corrected chi connectivity index (χ1v) is 6.49. The number of thioether (sulfide) groups is 1. The average molecular weight is 318 g/mol. The minimum atomic E-state index is -4.35. The minimum Gasteiger partial charge on any atom is -0.306 e. The lowest BCUT2D eigenvalue weighted by Gasteiger charge is -2.08. The van der Waals surface area contributed by atoms with E-state index in [1.807, 2.05) is 0 Å². The van der Waals surface area contributed by atoms with Crippen LogP contribution in [0.1, 0.15) is 5.69 Å². The molecule has 0 amide bonds. The molecular weight excluding hydrogens is 308 g/mol. The fourth-order valence-electron chi connectivity index (χ4n) is 1.59. The molecule has 1 heterocycles. The topological polar surface area (TPSA) is 63.8 Å². The lowest BCUT2D eigenvalue weighted by Crippen LogP contribution is -2.13. The lowest BCUT2D eigenvalue weighted by molar-refractivity contribution is -0.0328. The fourth-order valence-corrected chi connectivity index (χ4v) is 2.13. The number of nitrogens with two attached hydrogens (primary N) is 1. The second-order valence-electron chi connectivity index (χ2n) is 4.01. The van der Waals surface area contributed by atoms with E-state index in [0.29, 0.717) is 5.56 Å². The van der Waals surface area contributed by atoms with Crippen molar-refractivity contribution >= 4 is 17.6 Å². The molecule has 112 valence electrons. The van der Waals surface area contributed by atoms with Gasteiger partial charge in [0.05, 0.1) is 5.69 Å². The normalized spacial score (nSPS) is 11.5. The van der Waals surface area contributed by atoms with Gasteiger partial charge < -0.3 is 5.43 Å². The highest BCUT2D eigenvalue weighted by Gasteiger charge is 2.29. The Morgan fingerprint density at radius 2 is 1.76 bits per heavy atom. The first kappa shape index (κ1) is 15.5. The predicted octanol–water partition coefficient (Wildman–Crippen LogP) is 3.49. The van der Waals surface area contributed by atoms with Crippen LogP contribution >= 0.6 is 11.8 Å². The number of nitrogens with zero attached hydrogens (tertiary/aromatic N) is 2. The van der Waals surface area contributed by atoms with Crippen molar-refractivity contribution in [3.63, 3.8) is 0 Å². The van der Waals surface area contributed by atoms with Crippen molar-refractivity contribution in [1.29, 1.82) is 0 Å². The number of aryl methyl sites for hydroxylation is 1. The third-order valence-corrected chi connectivity index (χ3v) is 3.24. The first-order chi connectivity index (χ1) is 9.80. The number of alkyl halides is 3. The van der Waals surface area contributed by atoms with Gasteiger partial charge in [-0.25, -0.2) is 20.2 Å². The maximum Gasteiger partial charge on any atom is 0.446 e. The van der Waals surface area contributed by atoms with Crippen LogP contribution in [-0.2, 0) is 0 Å². The van der Waals surface area contributed by atoms with Gasteiger partial charge in [0.1, 0.15) is 0 Å². The van der Waals surface area contributed by atoms with Crippen LogP contribution in [0.4, 0.5) is 23.4 Å². The van der Waals surface area contributed by atoms with Crippen molar-refractivity contribution in [1.82, 2.24) is 9.97 Å². The quantitative estimate of drug-likeness (QED) is 0.392. The maximum absolute atomic E-state index is 13.6. The van der Waals surface area contributed by atoms with E-state index >= 15 is 0 Å². The molecule has 1 aromatic heterocycles. The number of nitrogen functional groups attached to an aromatic ring is 1. The minimum absolute atomic E-state index is 0.0438. The summed E-state index contributed by atoms with van der Waals surface area (Å²) in [6.07, 6.45) is 0. The van der Waals surface area contributed by atoms with Crippen molar-refractivity contribution in [2.75, 3.05) is 5.43 Å². The van der Waals surface area contributed by atoms with Crippen LogP contribution in [0.5, 0.6) is 0 Å². The molecule has 0 spiro atoms. The van der Waals surface area contributed by atoms with Crippen molar-refractivity contribution in [3.8, 4) is 11.4 Å². The van der Waals surface area contributed by atoms with E-state index in [9.17, 15) is 17.6 Å². The molecule has 0 saturated heterocycles. The van der Waals surface area contributed by atoms with Crippen molar-refractivity contribution < 1.29 is 17.6 Å². The monoisotopic (exact) mass is 318 g/mol. The molecule has 0 radical (unpaired) electrons. The van der Waals surface area contributed by atoms with Crippen molar-refractivity contribution in [3.05, 3.63) is 35.8 Å². The van der Waals surface area contributed by atoms with Crippen LogP contribution in [0, 0.1) is 12.7 Å². The maximum atomic E-state index is 13.6. The van der Waals surface area contributed by atoms with Crippen LogP contribution in [0.2, 0.25) is 0 Å². The zero-order chi connectivity index (χ0) is 15.6. The third kappa shape index (κ3) is 3.82. The van der Waals surface area contributed by atoms with Crippen LogP contribution < -0.4 is 11.3 Å². The van der Waals surface area contributed by atoms with Gasteiger partial charge in [0.25, 0.3) is 0 Å². The van der Waals surface area contributed by atoms with E-state index in [4.69, 9.17) is 5.84 Å².